The first-order valence-electron chi connectivity index (χ1n) is 9.79. The average molecular weight is 419 g/mol. The van der Waals surface area contributed by atoms with E-state index in [0.29, 0.717) is 16.5 Å². The summed E-state index contributed by atoms with van der Waals surface area (Å²) in [6, 6.07) is 5.15. The third kappa shape index (κ3) is 4.25. The molecule has 0 spiro atoms. The van der Waals surface area contributed by atoms with Crippen molar-refractivity contribution in [2.24, 2.45) is 0 Å². The SMILES string of the molecule is C[C@@H](N[S@+]([O-])C(C)(C)C)c1n[nH]c(=O)c2ccc(B3OC(C)(C)C(C)(C)O3)cc12. The molecule has 0 aliphatic carbocycles. The Morgan fingerprint density at radius 1 is 1.17 bits per heavy atom. The summed E-state index contributed by atoms with van der Waals surface area (Å²) >= 11 is -1.28. The highest BCUT2D eigenvalue weighted by atomic mass is 32.2. The molecule has 2 heterocycles. The number of nitrogens with zero attached hydrogens (tertiary/aromatic N) is 1. The third-order valence-corrected chi connectivity index (χ3v) is 7.30. The topological polar surface area (TPSA) is 99.3 Å². The van der Waals surface area contributed by atoms with Gasteiger partial charge in [-0.05, 0) is 66.9 Å². The molecule has 2 atom stereocenters. The molecule has 3 rings (SSSR count). The van der Waals surface area contributed by atoms with Crippen LogP contribution in [0.25, 0.3) is 10.8 Å². The molecule has 1 fully saturated rings. The van der Waals surface area contributed by atoms with Gasteiger partial charge in [0.2, 0.25) is 0 Å². The van der Waals surface area contributed by atoms with Gasteiger partial charge in [0.1, 0.15) is 4.75 Å². The van der Waals surface area contributed by atoms with Crippen LogP contribution in [0.15, 0.2) is 23.0 Å². The maximum atomic E-state index is 12.5. The van der Waals surface area contributed by atoms with Crippen molar-refractivity contribution >= 4 is 34.7 Å². The zero-order valence-electron chi connectivity index (χ0n) is 18.4. The van der Waals surface area contributed by atoms with Crippen molar-refractivity contribution in [2.75, 3.05) is 0 Å². The van der Waals surface area contributed by atoms with Gasteiger partial charge in [-0.3, -0.25) is 4.79 Å². The van der Waals surface area contributed by atoms with Crippen molar-refractivity contribution in [1.29, 1.82) is 0 Å². The van der Waals surface area contributed by atoms with Gasteiger partial charge in [0.05, 0.1) is 28.3 Å². The van der Waals surface area contributed by atoms with Gasteiger partial charge < -0.3 is 13.9 Å². The van der Waals surface area contributed by atoms with E-state index in [1.165, 1.54) is 0 Å². The van der Waals surface area contributed by atoms with Crippen LogP contribution in [0, 0.1) is 0 Å². The van der Waals surface area contributed by atoms with Crippen molar-refractivity contribution in [2.45, 2.75) is 77.4 Å². The van der Waals surface area contributed by atoms with Gasteiger partial charge in [-0.1, -0.05) is 12.1 Å². The monoisotopic (exact) mass is 419 g/mol. The Kier molecular flexibility index (Phi) is 5.68. The highest BCUT2D eigenvalue weighted by Crippen LogP contribution is 2.36. The van der Waals surface area contributed by atoms with E-state index in [1.54, 1.807) is 6.07 Å². The lowest BCUT2D eigenvalue weighted by Crippen LogP contribution is -2.41. The van der Waals surface area contributed by atoms with E-state index in [1.807, 2.05) is 67.5 Å². The van der Waals surface area contributed by atoms with Crippen molar-refractivity contribution < 1.29 is 13.9 Å². The largest absolute Gasteiger partial charge is 0.598 e. The van der Waals surface area contributed by atoms with E-state index >= 15 is 0 Å². The Hall–Kier alpha value is -1.39. The molecular weight excluding hydrogens is 389 g/mol. The molecule has 158 valence electrons. The second kappa shape index (κ2) is 7.39. The van der Waals surface area contributed by atoms with Crippen LogP contribution in [-0.2, 0) is 20.7 Å². The van der Waals surface area contributed by atoms with Crippen LogP contribution in [0.5, 0.6) is 0 Å². The van der Waals surface area contributed by atoms with E-state index in [2.05, 4.69) is 14.9 Å². The minimum atomic E-state index is -1.28. The van der Waals surface area contributed by atoms with Crippen LogP contribution in [0.1, 0.15) is 67.1 Å². The Labute approximate surface area is 175 Å². The zero-order chi connectivity index (χ0) is 21.8. The number of rotatable bonds is 4. The summed E-state index contributed by atoms with van der Waals surface area (Å²) in [6.07, 6.45) is 0. The first-order chi connectivity index (χ1) is 13.2. The molecule has 0 radical (unpaired) electrons. The second-order valence-electron chi connectivity index (χ2n) is 9.55. The molecule has 0 amide bonds. The van der Waals surface area contributed by atoms with Gasteiger partial charge in [0, 0.05) is 16.7 Å². The number of aromatic nitrogens is 2. The fourth-order valence-corrected chi connectivity index (χ4v) is 3.84. The molecule has 1 aliphatic rings. The summed E-state index contributed by atoms with van der Waals surface area (Å²) in [5.41, 5.74) is 0.249. The molecule has 29 heavy (non-hydrogen) atoms. The van der Waals surface area contributed by atoms with Gasteiger partial charge in [0.25, 0.3) is 5.56 Å². The van der Waals surface area contributed by atoms with Crippen molar-refractivity contribution in [1.82, 2.24) is 14.9 Å². The van der Waals surface area contributed by atoms with E-state index in [4.69, 9.17) is 9.31 Å². The van der Waals surface area contributed by atoms with Crippen LogP contribution in [-0.4, -0.2) is 37.8 Å². The number of benzene rings is 1. The van der Waals surface area contributed by atoms with Gasteiger partial charge in [0.15, 0.2) is 0 Å². The fourth-order valence-electron chi connectivity index (χ4n) is 3.05. The molecule has 2 aromatic rings. The number of H-pyrrole nitrogens is 1. The second-order valence-corrected chi connectivity index (χ2v) is 11.5. The Balaban J connectivity index is 2.01. The molecule has 1 aromatic heterocycles. The van der Waals surface area contributed by atoms with Crippen LogP contribution in [0.4, 0.5) is 0 Å². The number of nitrogens with one attached hydrogen (secondary N) is 2. The normalized spacial score (nSPS) is 20.8. The van der Waals surface area contributed by atoms with Gasteiger partial charge >= 0.3 is 7.12 Å². The fraction of sp³-hybridized carbons (Fsp3) is 0.600. The lowest BCUT2D eigenvalue weighted by atomic mass is 9.78. The summed E-state index contributed by atoms with van der Waals surface area (Å²) in [6.45, 7) is 15.6. The minimum Gasteiger partial charge on any atom is -0.598 e. The van der Waals surface area contributed by atoms with Crippen molar-refractivity contribution in [3.63, 3.8) is 0 Å². The first kappa shape index (κ1) is 22.3. The molecule has 0 bridgehead atoms. The van der Waals surface area contributed by atoms with Gasteiger partial charge in [-0.25, -0.2) is 5.10 Å². The predicted molar refractivity (Wildman–Crippen MR) is 118 cm³/mol. The first-order valence-corrected chi connectivity index (χ1v) is 10.9. The number of fused-ring (bicyclic) bond motifs is 1. The molecular formula is C20H30BN3O4S. The standard InChI is InChI=1S/C20H30BN3O4S/c1-12(24-29(26)18(2,3)4)16-15-11-13(9-10-14(15)17(25)23-22-16)21-27-19(5,6)20(7,8)28-21/h9-12,24H,1-8H3,(H,23,25)/t12-,29-/m1/s1. The molecule has 0 saturated carbocycles. The van der Waals surface area contributed by atoms with Crippen LogP contribution >= 0.6 is 0 Å². The number of hydrogen-bond donors (Lipinski definition) is 2. The summed E-state index contributed by atoms with van der Waals surface area (Å²) in [5, 5.41) is 8.00. The highest BCUT2D eigenvalue weighted by Gasteiger charge is 2.51. The predicted octanol–water partition coefficient (Wildman–Crippen LogP) is 2.34. The van der Waals surface area contributed by atoms with Gasteiger partial charge in [-0.2, -0.15) is 5.10 Å². The highest BCUT2D eigenvalue weighted by molar-refractivity contribution is 7.90. The smallest absolute Gasteiger partial charge is 0.494 e. The summed E-state index contributed by atoms with van der Waals surface area (Å²) in [4.78, 5) is 12.3. The Bertz CT molecular complexity index is 954. The Morgan fingerprint density at radius 2 is 1.76 bits per heavy atom. The van der Waals surface area contributed by atoms with E-state index in [9.17, 15) is 9.35 Å². The van der Waals surface area contributed by atoms with E-state index < -0.39 is 34.4 Å². The maximum absolute atomic E-state index is 12.5. The van der Waals surface area contributed by atoms with Crippen molar-refractivity contribution in [3.8, 4) is 0 Å². The molecule has 0 unspecified atom stereocenters. The minimum absolute atomic E-state index is 0.270. The summed E-state index contributed by atoms with van der Waals surface area (Å²) in [5.74, 6) is 0. The van der Waals surface area contributed by atoms with Crippen LogP contribution < -0.4 is 15.7 Å². The maximum Gasteiger partial charge on any atom is 0.494 e. The molecule has 2 N–H and O–H groups in total. The lowest BCUT2D eigenvalue weighted by molar-refractivity contribution is 0.00578. The molecule has 1 saturated heterocycles. The molecule has 7 nitrogen and oxygen atoms in total. The Morgan fingerprint density at radius 3 is 2.31 bits per heavy atom. The van der Waals surface area contributed by atoms with Crippen LogP contribution in [0.3, 0.4) is 0 Å². The lowest BCUT2D eigenvalue weighted by Gasteiger charge is -2.32. The quantitative estimate of drug-likeness (QED) is 0.583. The summed E-state index contributed by atoms with van der Waals surface area (Å²) in [7, 11) is -0.538. The summed E-state index contributed by atoms with van der Waals surface area (Å²) < 4.78 is 27.5. The van der Waals surface area contributed by atoms with E-state index in [-0.39, 0.29) is 11.6 Å². The van der Waals surface area contributed by atoms with Crippen molar-refractivity contribution in [3.05, 3.63) is 34.2 Å². The molecule has 9 heteroatoms. The third-order valence-electron chi connectivity index (χ3n) is 5.62. The van der Waals surface area contributed by atoms with Crippen LogP contribution in [0.2, 0.25) is 0 Å². The van der Waals surface area contributed by atoms with Gasteiger partial charge in [-0.15, -0.1) is 4.72 Å². The average Bonchev–Trinajstić information content (AvgIpc) is 2.81. The molecule has 1 aliphatic heterocycles. The number of aromatic amines is 1. The number of hydrogen-bond acceptors (Lipinski definition) is 6. The molecule has 1 aromatic carbocycles. The zero-order valence-corrected chi connectivity index (χ0v) is 19.2. The van der Waals surface area contributed by atoms with E-state index in [0.717, 1.165) is 5.46 Å².